The van der Waals surface area contributed by atoms with Crippen molar-refractivity contribution in [2.75, 3.05) is 26.4 Å². The van der Waals surface area contributed by atoms with Crippen LogP contribution < -0.4 is 16.4 Å². The van der Waals surface area contributed by atoms with Gasteiger partial charge in [0, 0.05) is 29.6 Å². The number of halogens is 3. The van der Waals surface area contributed by atoms with Crippen molar-refractivity contribution in [1.29, 1.82) is 0 Å². The molecule has 1 aliphatic carbocycles. The van der Waals surface area contributed by atoms with Gasteiger partial charge in [0.2, 0.25) is 0 Å². The number of benzene rings is 2. The van der Waals surface area contributed by atoms with Crippen molar-refractivity contribution in [2.24, 2.45) is 0 Å². The number of ether oxygens (including phenoxy) is 1. The van der Waals surface area contributed by atoms with Crippen LogP contribution in [0.3, 0.4) is 0 Å². The second-order valence-corrected chi connectivity index (χ2v) is 10.1. The Morgan fingerprint density at radius 2 is 1.95 bits per heavy atom. The number of carbonyl (C=O) groups excluding carboxylic acids is 1. The van der Waals surface area contributed by atoms with E-state index in [0.717, 1.165) is 31.4 Å². The van der Waals surface area contributed by atoms with Gasteiger partial charge in [-0.25, -0.2) is 18.7 Å². The summed E-state index contributed by atoms with van der Waals surface area (Å²) >= 11 is 3.27. The second kappa shape index (κ2) is 12.1. The lowest BCUT2D eigenvalue weighted by molar-refractivity contribution is 0.0655. The number of nitrogen functional groups attached to an aromatic ring is 1. The molecule has 0 spiro atoms. The third-order valence-corrected chi connectivity index (χ3v) is 7.19. The largest absolute Gasteiger partial charge is 0.382 e. The van der Waals surface area contributed by atoms with Crippen LogP contribution in [0.1, 0.15) is 59.3 Å². The third kappa shape index (κ3) is 6.49. The molecule has 2 aromatic carbocycles. The fraction of sp³-hybridized carbons (Fsp3) is 0.370. The Balaban J connectivity index is 1.54. The molecule has 1 amide bonds. The highest BCUT2D eigenvalue weighted by Gasteiger charge is 2.25. The van der Waals surface area contributed by atoms with Crippen molar-refractivity contribution in [3.05, 3.63) is 75.5 Å². The number of carbonyl (C=O) groups is 1. The molecule has 1 saturated carbocycles. The molecule has 0 saturated heterocycles. The third-order valence-electron chi connectivity index (χ3n) is 6.73. The van der Waals surface area contributed by atoms with Crippen molar-refractivity contribution < 1.29 is 18.3 Å². The van der Waals surface area contributed by atoms with Gasteiger partial charge >= 0.3 is 0 Å². The van der Waals surface area contributed by atoms with Crippen molar-refractivity contribution in [3.8, 4) is 11.3 Å². The number of nitrogens with zero attached hydrogens (tertiary/aromatic N) is 2. The zero-order chi connectivity index (χ0) is 26.5. The van der Waals surface area contributed by atoms with Crippen LogP contribution in [0.15, 0.2) is 47.1 Å². The SMILES string of the molecule is CNC[C@@H](NC(=O)c1ccc(-c2nc(C3CCC(OC)CC3)cnc2N)cc1F)c1cc(F)cc(Br)c1. The van der Waals surface area contributed by atoms with Crippen LogP contribution in [-0.2, 0) is 4.74 Å². The number of anilines is 1. The molecule has 1 fully saturated rings. The zero-order valence-electron chi connectivity index (χ0n) is 20.7. The first-order chi connectivity index (χ1) is 17.8. The van der Waals surface area contributed by atoms with E-state index in [1.54, 1.807) is 32.5 Å². The molecule has 3 aromatic rings. The number of amides is 1. The Hall–Kier alpha value is -2.95. The number of hydrogen-bond donors (Lipinski definition) is 3. The summed E-state index contributed by atoms with van der Waals surface area (Å²) in [4.78, 5) is 22.0. The van der Waals surface area contributed by atoms with Crippen molar-refractivity contribution >= 4 is 27.7 Å². The van der Waals surface area contributed by atoms with Gasteiger partial charge in [0.25, 0.3) is 5.91 Å². The second-order valence-electron chi connectivity index (χ2n) is 9.22. The lowest BCUT2D eigenvalue weighted by atomic mass is 9.85. The maximum absolute atomic E-state index is 15.2. The number of hydrogen-bond acceptors (Lipinski definition) is 6. The molecule has 196 valence electrons. The van der Waals surface area contributed by atoms with E-state index in [1.807, 2.05) is 0 Å². The molecule has 0 bridgehead atoms. The quantitative estimate of drug-likeness (QED) is 0.345. The van der Waals surface area contributed by atoms with E-state index < -0.39 is 23.6 Å². The summed E-state index contributed by atoms with van der Waals surface area (Å²) in [5, 5.41) is 5.75. The van der Waals surface area contributed by atoms with Crippen molar-refractivity contribution in [2.45, 2.75) is 43.7 Å². The number of rotatable bonds is 8. The van der Waals surface area contributed by atoms with E-state index in [0.29, 0.717) is 27.8 Å². The van der Waals surface area contributed by atoms with E-state index in [9.17, 15) is 9.18 Å². The predicted octanol–water partition coefficient (Wildman–Crippen LogP) is 5.13. The fourth-order valence-electron chi connectivity index (χ4n) is 4.73. The number of likely N-dealkylation sites (N-methyl/N-ethyl adjacent to an activating group) is 1. The van der Waals surface area contributed by atoms with Gasteiger partial charge in [-0.05, 0) is 68.6 Å². The van der Waals surface area contributed by atoms with Crippen molar-refractivity contribution in [3.63, 3.8) is 0 Å². The normalized spacial score (nSPS) is 18.4. The summed E-state index contributed by atoms with van der Waals surface area (Å²) in [5.41, 5.74) is 8.14. The molecule has 37 heavy (non-hydrogen) atoms. The van der Waals surface area contributed by atoms with E-state index in [1.165, 1.54) is 24.3 Å². The van der Waals surface area contributed by atoms with Gasteiger partial charge < -0.3 is 21.1 Å². The van der Waals surface area contributed by atoms with Crippen molar-refractivity contribution in [1.82, 2.24) is 20.6 Å². The summed E-state index contributed by atoms with van der Waals surface area (Å²) in [6.07, 6.45) is 5.70. The molecule has 0 unspecified atom stereocenters. The molecule has 1 atom stereocenters. The van der Waals surface area contributed by atoms with Crippen LogP contribution >= 0.6 is 15.9 Å². The first-order valence-corrected chi connectivity index (χ1v) is 12.9. The highest BCUT2D eigenvalue weighted by atomic mass is 79.9. The summed E-state index contributed by atoms with van der Waals surface area (Å²) in [7, 11) is 3.44. The highest BCUT2D eigenvalue weighted by Crippen LogP contribution is 2.34. The highest BCUT2D eigenvalue weighted by molar-refractivity contribution is 9.10. The maximum atomic E-state index is 15.2. The molecule has 4 N–H and O–H groups in total. The van der Waals surface area contributed by atoms with Crippen LogP contribution in [0.5, 0.6) is 0 Å². The Kier molecular flexibility index (Phi) is 8.83. The lowest BCUT2D eigenvalue weighted by Gasteiger charge is -2.27. The molecule has 1 aromatic heterocycles. The van der Waals surface area contributed by atoms with Crippen LogP contribution in [-0.4, -0.2) is 42.7 Å². The maximum Gasteiger partial charge on any atom is 0.254 e. The van der Waals surface area contributed by atoms with E-state index in [2.05, 4.69) is 31.5 Å². The van der Waals surface area contributed by atoms with E-state index in [-0.39, 0.29) is 23.4 Å². The van der Waals surface area contributed by atoms with Crippen LogP contribution in [0.4, 0.5) is 14.6 Å². The van der Waals surface area contributed by atoms with Crippen LogP contribution in [0.25, 0.3) is 11.3 Å². The Bertz CT molecular complexity index is 1250. The van der Waals surface area contributed by atoms with Crippen LogP contribution in [0.2, 0.25) is 0 Å². The Labute approximate surface area is 223 Å². The first-order valence-electron chi connectivity index (χ1n) is 12.2. The molecular formula is C27H30BrF2N5O2. The minimum atomic E-state index is -0.717. The van der Waals surface area contributed by atoms with Gasteiger partial charge in [0.05, 0.1) is 29.6 Å². The lowest BCUT2D eigenvalue weighted by Crippen LogP contribution is -2.35. The van der Waals surface area contributed by atoms with Gasteiger partial charge in [0.15, 0.2) is 0 Å². The summed E-state index contributed by atoms with van der Waals surface area (Å²) in [5.74, 6) is -1.35. The predicted molar refractivity (Wildman–Crippen MR) is 142 cm³/mol. The van der Waals surface area contributed by atoms with Gasteiger partial charge in [-0.2, -0.15) is 0 Å². The Morgan fingerprint density at radius 1 is 1.19 bits per heavy atom. The molecule has 7 nitrogen and oxygen atoms in total. The zero-order valence-corrected chi connectivity index (χ0v) is 22.3. The van der Waals surface area contributed by atoms with Gasteiger partial charge in [-0.15, -0.1) is 0 Å². The summed E-state index contributed by atoms with van der Waals surface area (Å²) in [6.45, 7) is 0.326. The molecular weight excluding hydrogens is 544 g/mol. The molecule has 0 aliphatic heterocycles. The number of nitrogens with one attached hydrogen (secondary N) is 2. The number of aromatic nitrogens is 2. The standard InChI is InChI=1S/C27H30BrF2N5O2/c1-32-13-23(17-9-18(28)12-19(29)10-17)35-27(36)21-8-5-16(11-22(21)30)25-26(31)33-14-24(34-25)15-3-6-20(37-2)7-4-15/h5,8-12,14-15,20,23,32H,3-4,6-7,13H2,1-2H3,(H2,31,33)(H,35,36)/t15?,20?,23-/m1/s1. The molecule has 1 aliphatic rings. The van der Waals surface area contributed by atoms with E-state index in [4.69, 9.17) is 15.5 Å². The minimum Gasteiger partial charge on any atom is -0.382 e. The summed E-state index contributed by atoms with van der Waals surface area (Å²) in [6, 6.07) is 8.05. The average molecular weight is 574 g/mol. The molecule has 4 rings (SSSR count). The Morgan fingerprint density at radius 3 is 2.59 bits per heavy atom. The first kappa shape index (κ1) is 27.1. The summed E-state index contributed by atoms with van der Waals surface area (Å²) < 4.78 is 35.1. The average Bonchev–Trinajstić information content (AvgIpc) is 2.88. The smallest absolute Gasteiger partial charge is 0.254 e. The molecule has 10 heteroatoms. The molecule has 0 radical (unpaired) electrons. The van der Waals surface area contributed by atoms with Gasteiger partial charge in [-0.1, -0.05) is 22.0 Å². The van der Waals surface area contributed by atoms with Crippen LogP contribution in [0, 0.1) is 11.6 Å². The van der Waals surface area contributed by atoms with Gasteiger partial charge in [0.1, 0.15) is 23.1 Å². The fourth-order valence-corrected chi connectivity index (χ4v) is 5.21. The minimum absolute atomic E-state index is 0.138. The number of methoxy groups -OCH3 is 1. The topological polar surface area (TPSA) is 102 Å². The van der Waals surface area contributed by atoms with Gasteiger partial charge in [-0.3, -0.25) is 4.79 Å². The van der Waals surface area contributed by atoms with E-state index >= 15 is 4.39 Å². The monoisotopic (exact) mass is 573 g/mol. The molecule has 1 heterocycles. The number of nitrogens with two attached hydrogens (primary N) is 1.